The minimum Gasteiger partial charge on any atom is -0.309 e. The van der Waals surface area contributed by atoms with E-state index in [1.807, 2.05) is 0 Å². The van der Waals surface area contributed by atoms with Crippen LogP contribution in [0, 0.1) is 0 Å². The van der Waals surface area contributed by atoms with E-state index in [4.69, 9.17) is 0 Å². The van der Waals surface area contributed by atoms with Crippen molar-refractivity contribution in [2.45, 2.75) is 31.1 Å². The summed E-state index contributed by atoms with van der Waals surface area (Å²) in [6.45, 7) is 0. The Hall–Kier alpha value is -6.96. The normalized spacial score (nSPS) is 14.3. The number of allylic oxidation sites excluding steroid dienone is 2. The summed E-state index contributed by atoms with van der Waals surface area (Å²) in [5.41, 5.74) is 21.6. The van der Waals surface area contributed by atoms with E-state index < -0.39 is 5.41 Å². The van der Waals surface area contributed by atoms with Crippen LogP contribution in [0.25, 0.3) is 45.5 Å². The highest BCUT2D eigenvalue weighted by molar-refractivity contribution is 6.00. The highest BCUT2D eigenvalue weighted by Crippen LogP contribution is 2.57. The average Bonchev–Trinajstić information content (AvgIpc) is 3.61. The van der Waals surface area contributed by atoms with Crippen LogP contribution in [0.4, 0.5) is 17.1 Å². The van der Waals surface area contributed by atoms with Gasteiger partial charge in [-0.15, -0.1) is 0 Å². The Morgan fingerprint density at radius 1 is 0.379 bits per heavy atom. The first kappa shape index (κ1) is 34.3. The van der Waals surface area contributed by atoms with Crippen molar-refractivity contribution in [2.75, 3.05) is 4.90 Å². The van der Waals surface area contributed by atoms with Gasteiger partial charge in [-0.2, -0.15) is 0 Å². The molecule has 0 saturated carbocycles. The first-order valence-electron chi connectivity index (χ1n) is 20.7. The summed E-state index contributed by atoms with van der Waals surface area (Å²) in [6.07, 6.45) is 13.9. The molecule has 0 bridgehead atoms. The fourth-order valence-corrected chi connectivity index (χ4v) is 10.2. The Morgan fingerprint density at radius 2 is 0.845 bits per heavy atom. The second-order valence-electron chi connectivity index (χ2n) is 15.8. The molecule has 0 atom stereocenters. The molecule has 0 amide bonds. The predicted octanol–water partition coefficient (Wildman–Crippen LogP) is 14.8. The molecular formula is C57H43N. The monoisotopic (exact) mass is 741 g/mol. The first-order chi connectivity index (χ1) is 28.8. The molecule has 0 aliphatic heterocycles. The maximum atomic E-state index is 2.53. The smallest absolute Gasteiger partial charge is 0.0713 e. The number of nitrogens with zero attached hydrogens (tertiary/aromatic N) is 1. The third-order valence-electron chi connectivity index (χ3n) is 12.7. The predicted molar refractivity (Wildman–Crippen MR) is 244 cm³/mol. The summed E-state index contributed by atoms with van der Waals surface area (Å²) in [7, 11) is 0. The van der Waals surface area contributed by atoms with Crippen molar-refractivity contribution in [2.24, 2.45) is 0 Å². The molecule has 1 nitrogen and oxygen atoms in total. The Labute approximate surface area is 341 Å². The van der Waals surface area contributed by atoms with Gasteiger partial charge in [0.2, 0.25) is 0 Å². The minimum atomic E-state index is -0.450. The molecule has 0 N–H and O–H groups in total. The molecule has 0 fully saturated rings. The van der Waals surface area contributed by atoms with Crippen molar-refractivity contribution < 1.29 is 0 Å². The summed E-state index contributed by atoms with van der Waals surface area (Å²) in [5, 5.41) is 0. The van der Waals surface area contributed by atoms with Crippen molar-refractivity contribution in [1.29, 1.82) is 0 Å². The van der Waals surface area contributed by atoms with Gasteiger partial charge in [0, 0.05) is 22.5 Å². The molecule has 0 radical (unpaired) electrons. The van der Waals surface area contributed by atoms with Crippen LogP contribution in [0.5, 0.6) is 0 Å². The molecule has 0 aromatic heterocycles. The molecule has 1 heteroatoms. The Balaban J connectivity index is 1.15. The molecule has 0 saturated heterocycles. The lowest BCUT2D eigenvalue weighted by molar-refractivity contribution is 0.768. The highest BCUT2D eigenvalue weighted by atomic mass is 15.1. The van der Waals surface area contributed by atoms with E-state index in [1.165, 1.54) is 83.6 Å². The van der Waals surface area contributed by atoms with Crippen LogP contribution in [0.15, 0.2) is 200 Å². The van der Waals surface area contributed by atoms with Gasteiger partial charge in [0.15, 0.2) is 0 Å². The van der Waals surface area contributed by atoms with Crippen molar-refractivity contribution in [3.8, 4) is 33.4 Å². The Bertz CT molecular complexity index is 2800. The average molecular weight is 742 g/mol. The molecular weight excluding hydrogens is 699 g/mol. The number of anilines is 3. The summed E-state index contributed by atoms with van der Waals surface area (Å²) in [4.78, 5) is 2.53. The van der Waals surface area contributed by atoms with Gasteiger partial charge in [-0.3, -0.25) is 0 Å². The zero-order chi connectivity index (χ0) is 38.5. The van der Waals surface area contributed by atoms with Crippen LogP contribution in [-0.2, 0) is 18.3 Å². The van der Waals surface area contributed by atoms with Crippen LogP contribution in [0.1, 0.15) is 57.3 Å². The lowest BCUT2D eigenvalue weighted by atomic mass is 9.67. The third kappa shape index (κ3) is 5.38. The van der Waals surface area contributed by atoms with Gasteiger partial charge in [-0.1, -0.05) is 188 Å². The maximum Gasteiger partial charge on any atom is 0.0713 e. The van der Waals surface area contributed by atoms with Crippen LogP contribution >= 0.6 is 0 Å². The van der Waals surface area contributed by atoms with E-state index in [0.29, 0.717) is 0 Å². The van der Waals surface area contributed by atoms with E-state index >= 15 is 0 Å². The first-order valence-corrected chi connectivity index (χ1v) is 20.7. The molecule has 276 valence electrons. The number of hydrogen-bond donors (Lipinski definition) is 0. The second kappa shape index (κ2) is 14.2. The summed E-state index contributed by atoms with van der Waals surface area (Å²) < 4.78 is 0. The van der Waals surface area contributed by atoms with Crippen molar-refractivity contribution in [3.63, 3.8) is 0 Å². The van der Waals surface area contributed by atoms with E-state index in [1.54, 1.807) is 0 Å². The van der Waals surface area contributed by atoms with E-state index in [9.17, 15) is 0 Å². The second-order valence-corrected chi connectivity index (χ2v) is 15.8. The summed E-state index contributed by atoms with van der Waals surface area (Å²) >= 11 is 0. The van der Waals surface area contributed by atoms with E-state index in [0.717, 1.165) is 37.1 Å². The third-order valence-corrected chi connectivity index (χ3v) is 12.7. The molecule has 11 rings (SSSR count). The van der Waals surface area contributed by atoms with Gasteiger partial charge in [0.1, 0.15) is 0 Å². The molecule has 3 aliphatic carbocycles. The molecule has 0 spiro atoms. The number of benzene rings is 8. The largest absolute Gasteiger partial charge is 0.309 e. The molecule has 8 aromatic carbocycles. The maximum absolute atomic E-state index is 2.53. The van der Waals surface area contributed by atoms with Crippen LogP contribution < -0.4 is 4.90 Å². The summed E-state index contributed by atoms with van der Waals surface area (Å²) in [6, 6.07) is 69.6. The summed E-state index contributed by atoms with van der Waals surface area (Å²) in [5.74, 6) is 0. The molecule has 3 aliphatic rings. The molecule has 8 aromatic rings. The Kier molecular flexibility index (Phi) is 8.40. The van der Waals surface area contributed by atoms with Gasteiger partial charge in [0.25, 0.3) is 0 Å². The van der Waals surface area contributed by atoms with Crippen molar-refractivity contribution >= 4 is 29.2 Å². The minimum absolute atomic E-state index is 0.450. The SMILES string of the molecule is C1=Cc2c(c3c(c(N(c4ccccc4)c4ccc(C5(c6ccccc6)c6ccccc6-c6ccccc65)cc4)c2-c2ccc(-c4ccccc4)cc2)C=CCC3)CC1. The number of para-hydroxylation sites is 1. The van der Waals surface area contributed by atoms with Gasteiger partial charge in [-0.05, 0) is 117 Å². The molecule has 0 unspecified atom stereocenters. The zero-order valence-corrected chi connectivity index (χ0v) is 32.5. The van der Waals surface area contributed by atoms with Gasteiger partial charge in [0.05, 0.1) is 11.1 Å². The van der Waals surface area contributed by atoms with E-state index in [-0.39, 0.29) is 0 Å². The van der Waals surface area contributed by atoms with Crippen molar-refractivity contribution in [3.05, 3.63) is 245 Å². The van der Waals surface area contributed by atoms with Gasteiger partial charge < -0.3 is 4.90 Å². The van der Waals surface area contributed by atoms with Gasteiger partial charge >= 0.3 is 0 Å². The molecule has 0 heterocycles. The quantitative estimate of drug-likeness (QED) is 0.157. The Morgan fingerprint density at radius 3 is 1.48 bits per heavy atom. The number of rotatable bonds is 7. The van der Waals surface area contributed by atoms with Crippen LogP contribution in [0.2, 0.25) is 0 Å². The fraction of sp³-hybridized carbons (Fsp3) is 0.0877. The highest BCUT2D eigenvalue weighted by Gasteiger charge is 2.46. The lowest BCUT2D eigenvalue weighted by Crippen LogP contribution is -2.28. The standard InChI is InChI=1S/C57H43N/c1-4-18-40(19-5-1)41-32-34-42(35-33-41)55-51-28-12-10-24-47(51)48-25-11-13-29-52(48)56(55)58(45-22-8-3-9-23-45)46-38-36-44(37-39-46)57(43-20-6-2-7-21-43)53-30-16-14-26-49(53)50-27-15-17-31-54(50)57/h1-9,12-23,26-39H,10-11,24-25H2. The number of hydrogen-bond acceptors (Lipinski definition) is 1. The van der Waals surface area contributed by atoms with Crippen molar-refractivity contribution in [1.82, 2.24) is 0 Å². The van der Waals surface area contributed by atoms with Gasteiger partial charge in [-0.25, -0.2) is 0 Å². The van der Waals surface area contributed by atoms with Crippen LogP contribution in [-0.4, -0.2) is 0 Å². The number of fused-ring (bicyclic) bond motifs is 6. The zero-order valence-electron chi connectivity index (χ0n) is 32.5. The van der Waals surface area contributed by atoms with E-state index in [2.05, 4.69) is 217 Å². The molecule has 58 heavy (non-hydrogen) atoms. The topological polar surface area (TPSA) is 3.24 Å². The fourth-order valence-electron chi connectivity index (χ4n) is 10.2. The lowest BCUT2D eigenvalue weighted by Gasteiger charge is -2.36. The van der Waals surface area contributed by atoms with Crippen LogP contribution in [0.3, 0.4) is 0 Å².